The molecule has 0 aliphatic carbocycles. The first kappa shape index (κ1) is 9.65. The average molecular weight is 232 g/mol. The van der Waals surface area contributed by atoms with Crippen LogP contribution in [0.1, 0.15) is 30.9 Å². The largest absolute Gasteiger partial charge is 0.246 e. The van der Waals surface area contributed by atoms with Gasteiger partial charge in [0, 0.05) is 0 Å². The van der Waals surface area contributed by atoms with E-state index in [0.29, 0.717) is 0 Å². The molecule has 0 amide bonds. The lowest BCUT2D eigenvalue weighted by molar-refractivity contribution is 0.588. The maximum atomic E-state index is 13.2. The minimum absolute atomic E-state index is 0.198. The topological polar surface area (TPSA) is 12.9 Å². The number of halogens is 2. The third-order valence-corrected chi connectivity index (χ3v) is 2.64. The zero-order chi connectivity index (χ0) is 9.30. The molecule has 3 heteroatoms. The standard InChI is InChI=1S/C9H11BrFN/c1-5(2)8-6(3)9(10)12-4-7(8)11/h4-5H,1-3H3. The monoisotopic (exact) mass is 231 g/mol. The first-order chi connectivity index (χ1) is 5.54. The number of aromatic nitrogens is 1. The van der Waals surface area contributed by atoms with Gasteiger partial charge in [0.05, 0.1) is 6.20 Å². The summed E-state index contributed by atoms with van der Waals surface area (Å²) < 4.78 is 13.9. The predicted octanol–water partition coefficient (Wildman–Crippen LogP) is 3.42. The van der Waals surface area contributed by atoms with Crippen LogP contribution in [0.5, 0.6) is 0 Å². The van der Waals surface area contributed by atoms with E-state index in [4.69, 9.17) is 0 Å². The van der Waals surface area contributed by atoms with Crippen LogP contribution >= 0.6 is 15.9 Å². The number of rotatable bonds is 1. The van der Waals surface area contributed by atoms with Gasteiger partial charge in [-0.05, 0) is 39.9 Å². The van der Waals surface area contributed by atoms with Gasteiger partial charge in [-0.2, -0.15) is 0 Å². The molecule has 0 saturated heterocycles. The van der Waals surface area contributed by atoms with E-state index >= 15 is 0 Å². The number of hydrogen-bond acceptors (Lipinski definition) is 1. The van der Waals surface area contributed by atoms with Gasteiger partial charge in [-0.3, -0.25) is 0 Å². The number of hydrogen-bond donors (Lipinski definition) is 0. The molecule has 0 saturated carbocycles. The van der Waals surface area contributed by atoms with Crippen molar-refractivity contribution in [2.75, 3.05) is 0 Å². The molecule has 0 aliphatic heterocycles. The van der Waals surface area contributed by atoms with E-state index in [1.165, 1.54) is 6.20 Å². The van der Waals surface area contributed by atoms with Gasteiger partial charge in [0.15, 0.2) is 0 Å². The lowest BCUT2D eigenvalue weighted by Gasteiger charge is -2.11. The second-order valence-corrected chi connectivity index (χ2v) is 3.84. The van der Waals surface area contributed by atoms with Crippen LogP contribution in [0.2, 0.25) is 0 Å². The van der Waals surface area contributed by atoms with Crippen LogP contribution in [0.15, 0.2) is 10.8 Å². The molecule has 0 aromatic carbocycles. The molecule has 1 heterocycles. The summed E-state index contributed by atoms with van der Waals surface area (Å²) in [5, 5.41) is 0. The van der Waals surface area contributed by atoms with E-state index in [2.05, 4.69) is 20.9 Å². The van der Waals surface area contributed by atoms with E-state index in [0.717, 1.165) is 15.7 Å². The van der Waals surface area contributed by atoms with Crippen LogP contribution in [0.4, 0.5) is 4.39 Å². The van der Waals surface area contributed by atoms with Crippen LogP contribution in [-0.2, 0) is 0 Å². The lowest BCUT2D eigenvalue weighted by Crippen LogP contribution is -1.99. The molecule has 12 heavy (non-hydrogen) atoms. The third kappa shape index (κ3) is 1.66. The summed E-state index contributed by atoms with van der Waals surface area (Å²) in [5.74, 6) is -0.0185. The third-order valence-electron chi connectivity index (χ3n) is 1.84. The zero-order valence-corrected chi connectivity index (χ0v) is 8.94. The molecule has 0 spiro atoms. The van der Waals surface area contributed by atoms with E-state index in [-0.39, 0.29) is 11.7 Å². The summed E-state index contributed by atoms with van der Waals surface area (Å²) in [4.78, 5) is 3.86. The molecule has 1 aromatic heterocycles. The van der Waals surface area contributed by atoms with Gasteiger partial charge in [0.25, 0.3) is 0 Å². The molecule has 66 valence electrons. The van der Waals surface area contributed by atoms with Gasteiger partial charge in [-0.25, -0.2) is 9.37 Å². The zero-order valence-electron chi connectivity index (χ0n) is 7.36. The van der Waals surface area contributed by atoms with Crippen LogP contribution in [-0.4, -0.2) is 4.98 Å². The van der Waals surface area contributed by atoms with Gasteiger partial charge in [-0.15, -0.1) is 0 Å². The van der Waals surface area contributed by atoms with Crippen molar-refractivity contribution in [3.05, 3.63) is 27.7 Å². The molecule has 0 radical (unpaired) electrons. The predicted molar refractivity (Wildman–Crippen MR) is 50.7 cm³/mol. The summed E-state index contributed by atoms with van der Waals surface area (Å²) in [5.41, 5.74) is 1.64. The summed E-state index contributed by atoms with van der Waals surface area (Å²) in [7, 11) is 0. The van der Waals surface area contributed by atoms with Crippen molar-refractivity contribution in [3.63, 3.8) is 0 Å². The van der Waals surface area contributed by atoms with Gasteiger partial charge in [-0.1, -0.05) is 13.8 Å². The van der Waals surface area contributed by atoms with Crippen LogP contribution in [0, 0.1) is 12.7 Å². The van der Waals surface area contributed by atoms with Gasteiger partial charge in [0.1, 0.15) is 10.4 Å². The Labute approximate surface area is 80.1 Å². The molecular formula is C9H11BrFN. The molecule has 0 fully saturated rings. The number of nitrogens with zero attached hydrogens (tertiary/aromatic N) is 1. The maximum Gasteiger partial charge on any atom is 0.145 e. The molecule has 0 atom stereocenters. The fraction of sp³-hybridized carbons (Fsp3) is 0.444. The van der Waals surface area contributed by atoms with Gasteiger partial charge in [0.2, 0.25) is 0 Å². The molecule has 1 rings (SSSR count). The Kier molecular flexibility index (Phi) is 2.83. The molecule has 1 nitrogen and oxygen atoms in total. The van der Waals surface area contributed by atoms with Crippen LogP contribution in [0.25, 0.3) is 0 Å². The molecule has 0 aliphatic rings. The van der Waals surface area contributed by atoms with E-state index in [1.807, 2.05) is 20.8 Å². The van der Waals surface area contributed by atoms with Gasteiger partial charge < -0.3 is 0 Å². The molecule has 1 aromatic rings. The fourth-order valence-electron chi connectivity index (χ4n) is 1.28. The first-order valence-corrected chi connectivity index (χ1v) is 4.63. The summed E-state index contributed by atoms with van der Waals surface area (Å²) in [6.45, 7) is 5.81. The average Bonchev–Trinajstić information content (AvgIpc) is 1.97. The summed E-state index contributed by atoms with van der Waals surface area (Å²) in [6, 6.07) is 0. The molecule has 0 N–H and O–H groups in total. The van der Waals surface area contributed by atoms with Crippen molar-refractivity contribution in [1.29, 1.82) is 0 Å². The Morgan fingerprint density at radius 2 is 2.08 bits per heavy atom. The normalized spacial score (nSPS) is 10.8. The Balaban J connectivity index is 3.33. The Bertz CT molecular complexity index is 297. The van der Waals surface area contributed by atoms with Crippen molar-refractivity contribution in [2.24, 2.45) is 0 Å². The summed E-state index contributed by atoms with van der Waals surface area (Å²) >= 11 is 3.27. The minimum Gasteiger partial charge on any atom is -0.246 e. The molecular weight excluding hydrogens is 221 g/mol. The van der Waals surface area contributed by atoms with Crippen molar-refractivity contribution in [1.82, 2.24) is 4.98 Å². The highest BCUT2D eigenvalue weighted by atomic mass is 79.9. The Hall–Kier alpha value is -0.440. The smallest absolute Gasteiger partial charge is 0.145 e. The van der Waals surface area contributed by atoms with Crippen molar-refractivity contribution >= 4 is 15.9 Å². The second kappa shape index (κ2) is 3.52. The first-order valence-electron chi connectivity index (χ1n) is 3.84. The summed E-state index contributed by atoms with van der Waals surface area (Å²) in [6.07, 6.45) is 1.26. The maximum absolute atomic E-state index is 13.2. The molecule has 0 bridgehead atoms. The van der Waals surface area contributed by atoms with Crippen molar-refractivity contribution in [3.8, 4) is 0 Å². The van der Waals surface area contributed by atoms with E-state index in [9.17, 15) is 4.39 Å². The quantitative estimate of drug-likeness (QED) is 0.676. The Morgan fingerprint density at radius 1 is 1.50 bits per heavy atom. The Morgan fingerprint density at radius 3 is 2.50 bits per heavy atom. The van der Waals surface area contributed by atoms with E-state index < -0.39 is 0 Å². The van der Waals surface area contributed by atoms with E-state index in [1.54, 1.807) is 0 Å². The van der Waals surface area contributed by atoms with Crippen molar-refractivity contribution < 1.29 is 4.39 Å². The lowest BCUT2D eigenvalue weighted by atomic mass is 10.00. The van der Waals surface area contributed by atoms with Crippen LogP contribution in [0.3, 0.4) is 0 Å². The fourth-order valence-corrected chi connectivity index (χ4v) is 1.59. The van der Waals surface area contributed by atoms with Crippen molar-refractivity contribution in [2.45, 2.75) is 26.7 Å². The second-order valence-electron chi connectivity index (χ2n) is 3.09. The highest BCUT2D eigenvalue weighted by Gasteiger charge is 2.12. The van der Waals surface area contributed by atoms with Crippen LogP contribution < -0.4 is 0 Å². The minimum atomic E-state index is -0.217. The molecule has 0 unspecified atom stereocenters. The highest BCUT2D eigenvalue weighted by Crippen LogP contribution is 2.26. The number of pyridine rings is 1. The highest BCUT2D eigenvalue weighted by molar-refractivity contribution is 9.10. The SMILES string of the molecule is Cc1c(Br)ncc(F)c1C(C)C. The van der Waals surface area contributed by atoms with Gasteiger partial charge >= 0.3 is 0 Å².